The van der Waals surface area contributed by atoms with Crippen molar-refractivity contribution in [2.75, 3.05) is 31.2 Å². The van der Waals surface area contributed by atoms with Crippen LogP contribution in [0.15, 0.2) is 36.7 Å². The van der Waals surface area contributed by atoms with Gasteiger partial charge >= 0.3 is 0 Å². The summed E-state index contributed by atoms with van der Waals surface area (Å²) in [5, 5.41) is 4.26. The molecule has 0 spiro atoms. The monoisotopic (exact) mass is 491 g/mol. The molecule has 36 heavy (non-hydrogen) atoms. The Labute approximate surface area is 207 Å². The Morgan fingerprint density at radius 3 is 2.36 bits per heavy atom. The highest BCUT2D eigenvalue weighted by molar-refractivity contribution is 5.88. The number of anilines is 1. The normalized spacial score (nSPS) is 22.4. The molecule has 4 heterocycles. The van der Waals surface area contributed by atoms with Crippen LogP contribution < -0.4 is 4.90 Å². The summed E-state index contributed by atoms with van der Waals surface area (Å²) in [6.45, 7) is 6.07. The minimum Gasteiger partial charge on any atom is -0.378 e. The van der Waals surface area contributed by atoms with Crippen molar-refractivity contribution < 1.29 is 13.5 Å². The second-order valence-electron chi connectivity index (χ2n) is 9.82. The van der Waals surface area contributed by atoms with Crippen LogP contribution in [0.3, 0.4) is 0 Å². The number of morpholine rings is 1. The van der Waals surface area contributed by atoms with Crippen LogP contribution in [0.4, 0.5) is 14.7 Å². The van der Waals surface area contributed by atoms with Crippen molar-refractivity contribution in [2.45, 2.75) is 38.6 Å². The molecule has 0 atom stereocenters. The van der Waals surface area contributed by atoms with Crippen molar-refractivity contribution in [2.24, 2.45) is 5.92 Å². The Bertz CT molecular complexity index is 1400. The zero-order chi connectivity index (χ0) is 24.9. The van der Waals surface area contributed by atoms with Gasteiger partial charge in [-0.05, 0) is 57.2 Å². The molecule has 0 N–H and O–H groups in total. The molecule has 1 saturated heterocycles. The second kappa shape index (κ2) is 8.85. The van der Waals surface area contributed by atoms with Crippen LogP contribution in [-0.2, 0) is 10.3 Å². The Morgan fingerprint density at radius 1 is 0.972 bits per heavy atom. The van der Waals surface area contributed by atoms with Gasteiger partial charge in [-0.3, -0.25) is 4.68 Å². The van der Waals surface area contributed by atoms with Crippen LogP contribution in [0.1, 0.15) is 30.7 Å². The maximum absolute atomic E-state index is 14.4. The van der Waals surface area contributed by atoms with Gasteiger partial charge in [-0.15, -0.1) is 0 Å². The fourth-order valence-corrected chi connectivity index (χ4v) is 5.14. The number of ether oxygens (including phenoxy) is 1. The molecular weight excluding hydrogens is 464 g/mol. The van der Waals surface area contributed by atoms with E-state index in [0.717, 1.165) is 17.7 Å². The van der Waals surface area contributed by atoms with Crippen molar-refractivity contribution in [3.05, 3.63) is 59.7 Å². The number of hydrogen-bond donors (Lipinski definition) is 0. The maximum atomic E-state index is 14.4. The summed E-state index contributed by atoms with van der Waals surface area (Å²) in [4.78, 5) is 20.0. The van der Waals surface area contributed by atoms with Gasteiger partial charge in [0, 0.05) is 37.1 Å². The quantitative estimate of drug-likeness (QED) is 0.425. The van der Waals surface area contributed by atoms with Gasteiger partial charge in [0.25, 0.3) is 0 Å². The largest absolute Gasteiger partial charge is 0.378 e. The Kier molecular flexibility index (Phi) is 5.63. The number of rotatable bonds is 3. The zero-order valence-electron chi connectivity index (χ0n) is 20.3. The van der Waals surface area contributed by atoms with Crippen molar-refractivity contribution in [1.82, 2.24) is 29.7 Å². The van der Waals surface area contributed by atoms with Gasteiger partial charge in [-0.1, -0.05) is 0 Å². The van der Waals surface area contributed by atoms with E-state index in [-0.39, 0.29) is 5.56 Å². The summed E-state index contributed by atoms with van der Waals surface area (Å²) >= 11 is 0. The van der Waals surface area contributed by atoms with Crippen molar-refractivity contribution in [1.29, 1.82) is 0 Å². The Hall–Kier alpha value is -3.53. The molecule has 8 rings (SSSR count). The van der Waals surface area contributed by atoms with E-state index in [0.29, 0.717) is 60.3 Å². The van der Waals surface area contributed by atoms with Crippen molar-refractivity contribution in [3.8, 4) is 11.3 Å². The molecule has 4 aromatic rings. The first-order chi connectivity index (χ1) is 17.4. The highest BCUT2D eigenvalue weighted by Crippen LogP contribution is 2.61. The molecule has 1 aliphatic heterocycles. The molecule has 10 heteroatoms. The van der Waals surface area contributed by atoms with Crippen LogP contribution >= 0.6 is 0 Å². The number of aryl methyl sites for hydroxylation is 2. The van der Waals surface area contributed by atoms with E-state index < -0.39 is 11.6 Å². The first-order valence-electron chi connectivity index (χ1n) is 12.2. The minimum absolute atomic E-state index is 0.172. The van der Waals surface area contributed by atoms with Crippen LogP contribution in [0.25, 0.3) is 22.4 Å². The minimum atomic E-state index is -0.696. The lowest BCUT2D eigenvalue weighted by molar-refractivity contribution is -0.0977. The van der Waals surface area contributed by atoms with E-state index in [2.05, 4.69) is 35.9 Å². The van der Waals surface area contributed by atoms with Crippen LogP contribution in [0.5, 0.6) is 0 Å². The standard InChI is InChI=1S/C18H17F2N5O.C8H10N2/c1-10-11(2)22-17-16(21-10)15(13-4-3-12(19)9-14(13)20)23-18(24-17)25-5-7-26-8-6-25;1-2-9-10(3-1)8-4-7(5-8)6-8/h3-4,9H,5-8H2,1-2H3;1-3,7H,4-6H2. The molecule has 0 unspecified atom stereocenters. The van der Waals surface area contributed by atoms with E-state index in [1.54, 1.807) is 0 Å². The van der Waals surface area contributed by atoms with Gasteiger partial charge in [0.15, 0.2) is 5.65 Å². The number of nitrogens with zero attached hydrogens (tertiary/aromatic N) is 7. The lowest BCUT2D eigenvalue weighted by Crippen LogP contribution is -2.59. The Morgan fingerprint density at radius 2 is 1.72 bits per heavy atom. The molecule has 4 fully saturated rings. The van der Waals surface area contributed by atoms with Gasteiger partial charge in [-0.2, -0.15) is 10.1 Å². The molecule has 3 aliphatic carbocycles. The summed E-state index contributed by atoms with van der Waals surface area (Å²) in [7, 11) is 0. The first kappa shape index (κ1) is 22.9. The maximum Gasteiger partial charge on any atom is 0.228 e. The summed E-state index contributed by atoms with van der Waals surface area (Å²) in [6.07, 6.45) is 8.12. The van der Waals surface area contributed by atoms with Crippen molar-refractivity contribution in [3.63, 3.8) is 0 Å². The van der Waals surface area contributed by atoms with E-state index in [9.17, 15) is 8.78 Å². The predicted octanol–water partition coefficient (Wildman–Crippen LogP) is 4.21. The third kappa shape index (κ3) is 3.99. The third-order valence-electron chi connectivity index (χ3n) is 7.41. The lowest BCUT2D eigenvalue weighted by Gasteiger charge is -2.61. The zero-order valence-corrected chi connectivity index (χ0v) is 20.3. The number of halogens is 2. The van der Waals surface area contributed by atoms with E-state index in [1.165, 1.54) is 31.4 Å². The smallest absolute Gasteiger partial charge is 0.228 e. The second-order valence-corrected chi connectivity index (χ2v) is 9.82. The molecule has 186 valence electrons. The van der Waals surface area contributed by atoms with E-state index >= 15 is 0 Å². The highest BCUT2D eigenvalue weighted by atomic mass is 19.1. The Balaban J connectivity index is 0.000000197. The molecule has 0 amide bonds. The van der Waals surface area contributed by atoms with Gasteiger partial charge in [0.05, 0.1) is 30.1 Å². The summed E-state index contributed by atoms with van der Waals surface area (Å²) in [6, 6.07) is 5.42. The number of hydrogen-bond acceptors (Lipinski definition) is 7. The topological polar surface area (TPSA) is 81.8 Å². The SMILES string of the molecule is Cc1nc2nc(N3CCOCC3)nc(-c3ccc(F)cc3F)c2nc1C.c1cnn(C23CC(C2)C3)c1. The van der Waals surface area contributed by atoms with Gasteiger partial charge in [0.2, 0.25) is 5.95 Å². The molecule has 8 nitrogen and oxygen atoms in total. The van der Waals surface area contributed by atoms with Gasteiger partial charge in [-0.25, -0.2) is 23.7 Å². The average Bonchev–Trinajstić information content (AvgIpc) is 3.33. The summed E-state index contributed by atoms with van der Waals surface area (Å²) in [5.74, 6) is 0.148. The van der Waals surface area contributed by atoms with Gasteiger partial charge in [0.1, 0.15) is 22.8 Å². The predicted molar refractivity (Wildman–Crippen MR) is 131 cm³/mol. The summed E-state index contributed by atoms with van der Waals surface area (Å²) in [5.41, 5.74) is 3.22. The third-order valence-corrected chi connectivity index (χ3v) is 7.41. The molecule has 4 aliphatic rings. The average molecular weight is 492 g/mol. The van der Waals surface area contributed by atoms with E-state index in [4.69, 9.17) is 4.74 Å². The molecule has 3 aromatic heterocycles. The molecule has 2 bridgehead atoms. The number of aromatic nitrogens is 6. The highest BCUT2D eigenvalue weighted by Gasteiger charge is 2.58. The fraction of sp³-hybridized carbons (Fsp3) is 0.423. The van der Waals surface area contributed by atoms with Crippen LogP contribution in [-0.4, -0.2) is 56.0 Å². The summed E-state index contributed by atoms with van der Waals surface area (Å²) < 4.78 is 35.3. The molecular formula is C26H27F2N7O. The van der Waals surface area contributed by atoms with Crippen LogP contribution in [0.2, 0.25) is 0 Å². The number of benzene rings is 1. The molecule has 1 aromatic carbocycles. The molecule has 3 saturated carbocycles. The first-order valence-corrected chi connectivity index (χ1v) is 12.2. The lowest BCUT2D eigenvalue weighted by atomic mass is 9.50. The van der Waals surface area contributed by atoms with Gasteiger partial charge < -0.3 is 9.64 Å². The fourth-order valence-electron chi connectivity index (χ4n) is 5.14. The van der Waals surface area contributed by atoms with Crippen molar-refractivity contribution >= 4 is 17.1 Å². The molecule has 0 radical (unpaired) electrons. The van der Waals surface area contributed by atoms with E-state index in [1.807, 2.05) is 31.0 Å². The number of fused-ring (bicyclic) bond motifs is 1. The van der Waals surface area contributed by atoms with Crippen LogP contribution in [0, 0.1) is 31.4 Å².